The largest absolute Gasteiger partial charge is 0.502 e. The number of halogens is 1. The summed E-state index contributed by atoms with van der Waals surface area (Å²) in [5, 5.41) is 32.1. The topological polar surface area (TPSA) is 127 Å². The molecule has 0 amide bonds. The molecule has 1 aromatic carbocycles. The van der Waals surface area contributed by atoms with Gasteiger partial charge in [0.2, 0.25) is 5.75 Å². The number of aromatic hydroxyl groups is 1. The van der Waals surface area contributed by atoms with Crippen molar-refractivity contribution in [3.8, 4) is 17.1 Å². The van der Waals surface area contributed by atoms with Gasteiger partial charge in [0.1, 0.15) is 5.82 Å². The van der Waals surface area contributed by atoms with E-state index in [0.717, 1.165) is 12.1 Å². The molecule has 9 heteroatoms. The maximum Gasteiger partial charge on any atom is 0.358 e. The molecule has 0 atom stereocenters. The molecule has 0 saturated heterocycles. The molecule has 0 bridgehead atoms. The number of nitro benzene ring substituents is 1. The van der Waals surface area contributed by atoms with Gasteiger partial charge in [-0.2, -0.15) is 0 Å². The number of carbonyl (C=O) groups is 1. The summed E-state index contributed by atoms with van der Waals surface area (Å²) in [7, 11) is 0. The number of nitro groups is 1. The number of benzene rings is 1. The van der Waals surface area contributed by atoms with E-state index in [1.807, 2.05) is 0 Å². The molecule has 0 aliphatic rings. The molecule has 8 nitrogen and oxygen atoms in total. The lowest BCUT2D eigenvalue weighted by Crippen LogP contribution is -1.94. The number of nitrogens with zero attached hydrogens (tertiary/aromatic N) is 2. The Hall–Kier alpha value is -2.97. The van der Waals surface area contributed by atoms with E-state index < -0.39 is 33.8 Å². The van der Waals surface area contributed by atoms with Crippen molar-refractivity contribution < 1.29 is 28.8 Å². The summed E-state index contributed by atoms with van der Waals surface area (Å²) in [6, 6.07) is 2.22. The van der Waals surface area contributed by atoms with Crippen molar-refractivity contribution in [2.24, 2.45) is 0 Å². The first kappa shape index (κ1) is 12.5. The number of phenols is 1. The van der Waals surface area contributed by atoms with Crippen molar-refractivity contribution >= 4 is 11.7 Å². The van der Waals surface area contributed by atoms with Gasteiger partial charge in [-0.15, -0.1) is 0 Å². The molecule has 2 rings (SSSR count). The van der Waals surface area contributed by atoms with E-state index in [9.17, 15) is 24.4 Å². The number of aromatic nitrogens is 1. The number of hydrogen-bond donors (Lipinski definition) is 2. The molecule has 98 valence electrons. The summed E-state index contributed by atoms with van der Waals surface area (Å²) in [5.74, 6) is -3.50. The van der Waals surface area contributed by atoms with E-state index in [0.29, 0.717) is 6.07 Å². The first-order valence-corrected chi connectivity index (χ1v) is 4.77. The Bertz CT molecular complexity index is 681. The van der Waals surface area contributed by atoms with Crippen LogP contribution < -0.4 is 0 Å². The van der Waals surface area contributed by atoms with Crippen LogP contribution >= 0.6 is 0 Å². The van der Waals surface area contributed by atoms with Gasteiger partial charge in [0.25, 0.3) is 0 Å². The SMILES string of the molecule is O=C(O)c1cc(-c2cc(F)cc([N+](=O)[O-])c2O)on1. The predicted molar refractivity (Wildman–Crippen MR) is 57.2 cm³/mol. The van der Waals surface area contributed by atoms with Crippen LogP contribution in [0.15, 0.2) is 22.7 Å². The molecule has 19 heavy (non-hydrogen) atoms. The molecule has 1 heterocycles. The molecule has 0 unspecified atom stereocenters. The zero-order valence-electron chi connectivity index (χ0n) is 9.03. The summed E-state index contributed by atoms with van der Waals surface area (Å²) in [4.78, 5) is 20.2. The van der Waals surface area contributed by atoms with E-state index in [1.165, 1.54) is 0 Å². The van der Waals surface area contributed by atoms with Crippen LogP contribution in [0, 0.1) is 15.9 Å². The molecule has 0 radical (unpaired) electrons. The van der Waals surface area contributed by atoms with Crippen LogP contribution in [0.3, 0.4) is 0 Å². The van der Waals surface area contributed by atoms with E-state index >= 15 is 0 Å². The summed E-state index contributed by atoms with van der Waals surface area (Å²) in [5.41, 5.74) is -1.68. The van der Waals surface area contributed by atoms with Crippen LogP contribution in [0.2, 0.25) is 0 Å². The maximum absolute atomic E-state index is 13.2. The lowest BCUT2D eigenvalue weighted by atomic mass is 10.1. The number of aromatic carboxylic acids is 1. The summed E-state index contributed by atoms with van der Waals surface area (Å²) in [6.45, 7) is 0. The fourth-order valence-corrected chi connectivity index (χ4v) is 1.41. The van der Waals surface area contributed by atoms with Gasteiger partial charge in [0.05, 0.1) is 16.6 Å². The van der Waals surface area contributed by atoms with Gasteiger partial charge in [-0.25, -0.2) is 9.18 Å². The second kappa shape index (κ2) is 4.37. The molecule has 0 spiro atoms. The summed E-state index contributed by atoms with van der Waals surface area (Å²) < 4.78 is 17.8. The number of carboxylic acids is 1. The molecular weight excluding hydrogens is 263 g/mol. The monoisotopic (exact) mass is 268 g/mol. The van der Waals surface area contributed by atoms with Gasteiger partial charge in [-0.3, -0.25) is 10.1 Å². The highest BCUT2D eigenvalue weighted by Crippen LogP contribution is 2.37. The number of phenolic OH excluding ortho intramolecular Hbond substituents is 1. The van der Waals surface area contributed by atoms with Gasteiger partial charge in [-0.05, 0) is 6.07 Å². The van der Waals surface area contributed by atoms with Crippen LogP contribution in [0.1, 0.15) is 10.5 Å². The lowest BCUT2D eigenvalue weighted by molar-refractivity contribution is -0.386. The fourth-order valence-electron chi connectivity index (χ4n) is 1.41. The highest BCUT2D eigenvalue weighted by atomic mass is 19.1. The third-order valence-corrected chi connectivity index (χ3v) is 2.25. The second-order valence-corrected chi connectivity index (χ2v) is 3.46. The summed E-state index contributed by atoms with van der Waals surface area (Å²) >= 11 is 0. The van der Waals surface area contributed by atoms with Crippen molar-refractivity contribution in [1.82, 2.24) is 5.16 Å². The van der Waals surface area contributed by atoms with Crippen molar-refractivity contribution in [3.63, 3.8) is 0 Å². The zero-order valence-corrected chi connectivity index (χ0v) is 9.03. The first-order chi connectivity index (χ1) is 8.90. The van der Waals surface area contributed by atoms with Crippen LogP contribution in [-0.2, 0) is 0 Å². The average molecular weight is 268 g/mol. The fraction of sp³-hybridized carbons (Fsp3) is 0. The van der Waals surface area contributed by atoms with E-state index in [2.05, 4.69) is 9.68 Å². The highest BCUT2D eigenvalue weighted by molar-refractivity contribution is 5.87. The average Bonchev–Trinajstić information content (AvgIpc) is 2.80. The quantitative estimate of drug-likeness (QED) is 0.641. The maximum atomic E-state index is 13.2. The van der Waals surface area contributed by atoms with Gasteiger partial charge in [0, 0.05) is 6.07 Å². The second-order valence-electron chi connectivity index (χ2n) is 3.46. The van der Waals surface area contributed by atoms with Crippen LogP contribution in [0.5, 0.6) is 5.75 Å². The van der Waals surface area contributed by atoms with E-state index in [1.54, 1.807) is 0 Å². The van der Waals surface area contributed by atoms with Crippen LogP contribution in [0.25, 0.3) is 11.3 Å². The molecule has 0 aliphatic heterocycles. The van der Waals surface area contributed by atoms with E-state index in [-0.39, 0.29) is 11.3 Å². The normalized spacial score (nSPS) is 10.4. The number of rotatable bonds is 3. The van der Waals surface area contributed by atoms with Gasteiger partial charge in [-0.1, -0.05) is 5.16 Å². The van der Waals surface area contributed by atoms with Crippen molar-refractivity contribution in [2.45, 2.75) is 0 Å². The molecule has 2 N–H and O–H groups in total. The molecule has 1 aromatic heterocycles. The van der Waals surface area contributed by atoms with Crippen molar-refractivity contribution in [1.29, 1.82) is 0 Å². The Morgan fingerprint density at radius 1 is 1.42 bits per heavy atom. The third kappa shape index (κ3) is 2.20. The Kier molecular flexibility index (Phi) is 2.87. The van der Waals surface area contributed by atoms with Crippen molar-refractivity contribution in [3.05, 3.63) is 39.8 Å². The molecular formula is C10H5FN2O6. The minimum atomic E-state index is -1.39. The predicted octanol–water partition coefficient (Wildman–Crippen LogP) is 1.79. The molecule has 0 fully saturated rings. The summed E-state index contributed by atoms with van der Waals surface area (Å²) in [6.07, 6.45) is 0. The minimum Gasteiger partial charge on any atom is -0.502 e. The molecule has 0 aliphatic carbocycles. The third-order valence-electron chi connectivity index (χ3n) is 2.25. The first-order valence-electron chi connectivity index (χ1n) is 4.77. The van der Waals surface area contributed by atoms with Crippen molar-refractivity contribution in [2.75, 3.05) is 0 Å². The highest BCUT2D eigenvalue weighted by Gasteiger charge is 2.23. The smallest absolute Gasteiger partial charge is 0.358 e. The van der Waals surface area contributed by atoms with Gasteiger partial charge in [0.15, 0.2) is 11.5 Å². The minimum absolute atomic E-state index is 0.294. The number of carboxylic acid groups (broad SMARTS) is 1. The Morgan fingerprint density at radius 2 is 2.11 bits per heavy atom. The van der Waals surface area contributed by atoms with Gasteiger partial charge < -0.3 is 14.7 Å². The Morgan fingerprint density at radius 3 is 2.63 bits per heavy atom. The standard InChI is InChI=1S/C10H5FN2O6/c11-4-1-5(9(14)7(2-4)13(17)18)8-3-6(10(15)16)12-19-8/h1-3,14H,(H,15,16). The Balaban J connectivity index is 2.61. The van der Waals surface area contributed by atoms with E-state index in [4.69, 9.17) is 5.11 Å². The van der Waals surface area contributed by atoms with Gasteiger partial charge >= 0.3 is 11.7 Å². The molecule has 0 saturated carbocycles. The Labute approximate surface area is 103 Å². The zero-order chi connectivity index (χ0) is 14.2. The van der Waals surface area contributed by atoms with Crippen LogP contribution in [0.4, 0.5) is 10.1 Å². The lowest BCUT2D eigenvalue weighted by Gasteiger charge is -2.01. The molecule has 2 aromatic rings. The number of hydrogen-bond acceptors (Lipinski definition) is 6. The van der Waals surface area contributed by atoms with Crippen LogP contribution in [-0.4, -0.2) is 26.3 Å².